The zero-order valence-electron chi connectivity index (χ0n) is 15.0. The Kier molecular flexibility index (Phi) is 4.22. The fraction of sp³-hybridized carbons (Fsp3) is 0.350. The Morgan fingerprint density at radius 3 is 2.36 bits per heavy atom. The van der Waals surface area contributed by atoms with Crippen LogP contribution in [0, 0.1) is 12.3 Å². The van der Waals surface area contributed by atoms with Gasteiger partial charge in [0.05, 0.1) is 12.1 Å². The fourth-order valence-electron chi connectivity index (χ4n) is 3.23. The Labute approximate surface area is 148 Å². The van der Waals surface area contributed by atoms with E-state index in [1.54, 1.807) is 17.2 Å². The van der Waals surface area contributed by atoms with Crippen LogP contribution in [0.25, 0.3) is 11.1 Å². The summed E-state index contributed by atoms with van der Waals surface area (Å²) in [7, 11) is 0. The van der Waals surface area contributed by atoms with Crippen LogP contribution in [0.5, 0.6) is 0 Å². The smallest absolute Gasteiger partial charge is 0.315 e. The Morgan fingerprint density at radius 1 is 1.24 bits per heavy atom. The summed E-state index contributed by atoms with van der Waals surface area (Å²) in [6.07, 6.45) is 6.91. The molecule has 4 rings (SSSR count). The first-order chi connectivity index (χ1) is 11.8. The van der Waals surface area contributed by atoms with Crippen LogP contribution in [0.1, 0.15) is 33.4 Å². The zero-order valence-corrected chi connectivity index (χ0v) is 15.0. The largest absolute Gasteiger partial charge is 0.327 e. The molecule has 5 nitrogen and oxygen atoms in total. The van der Waals surface area contributed by atoms with Crippen LogP contribution in [-0.4, -0.2) is 39.0 Å². The number of carbonyl (C=O) groups is 1. The van der Waals surface area contributed by atoms with Crippen LogP contribution in [0.2, 0.25) is 0 Å². The molecule has 0 N–H and O–H groups in total. The van der Waals surface area contributed by atoms with Gasteiger partial charge in [0.25, 0.3) is 0 Å². The third-order valence-electron chi connectivity index (χ3n) is 4.30. The predicted molar refractivity (Wildman–Crippen MR) is 99.2 cm³/mol. The maximum absolute atomic E-state index is 12.5. The van der Waals surface area contributed by atoms with Crippen molar-refractivity contribution in [3.05, 3.63) is 42.2 Å². The molecule has 0 aromatic carbocycles. The van der Waals surface area contributed by atoms with E-state index in [0.717, 1.165) is 0 Å². The van der Waals surface area contributed by atoms with Gasteiger partial charge in [0.2, 0.25) is 5.95 Å². The molecule has 0 spiro atoms. The first kappa shape index (κ1) is 17.0. The molecule has 2 aliphatic carbocycles. The summed E-state index contributed by atoms with van der Waals surface area (Å²) in [6, 6.07) is 10.2. The molecule has 1 saturated heterocycles. The van der Waals surface area contributed by atoms with Gasteiger partial charge in [-0.3, -0.25) is 4.90 Å². The number of hydrogen-bond acceptors (Lipinski definition) is 3. The Hall–Kier alpha value is -2.87. The molecule has 2 heterocycles. The zero-order chi connectivity index (χ0) is 18.2. The fourth-order valence-corrected chi connectivity index (χ4v) is 3.23. The van der Waals surface area contributed by atoms with E-state index in [4.69, 9.17) is 6.42 Å². The molecule has 0 saturated carbocycles. The number of amides is 2. The summed E-state index contributed by atoms with van der Waals surface area (Å²) in [6.45, 7) is 8.63. The normalized spacial score (nSPS) is 16.4. The van der Waals surface area contributed by atoms with Gasteiger partial charge in [-0.25, -0.2) is 14.8 Å². The van der Waals surface area contributed by atoms with Crippen molar-refractivity contribution >= 4 is 12.0 Å². The van der Waals surface area contributed by atoms with Gasteiger partial charge in [-0.1, -0.05) is 24.1 Å². The number of terminal acetylenes is 1. The van der Waals surface area contributed by atoms with E-state index in [2.05, 4.69) is 40.2 Å². The second-order valence-electron chi connectivity index (χ2n) is 7.11. The van der Waals surface area contributed by atoms with E-state index in [1.165, 1.54) is 11.1 Å². The van der Waals surface area contributed by atoms with Crippen LogP contribution in [0.4, 0.5) is 10.7 Å². The van der Waals surface area contributed by atoms with Crippen LogP contribution in [0.3, 0.4) is 0 Å². The minimum absolute atomic E-state index is 0.0748. The molecule has 0 unspecified atom stereocenters. The van der Waals surface area contributed by atoms with Crippen LogP contribution in [-0.2, 0) is 0 Å². The minimum Gasteiger partial charge on any atom is -0.315 e. The average Bonchev–Trinajstić information content (AvgIpc) is 3.07. The van der Waals surface area contributed by atoms with Crippen molar-refractivity contribution in [2.45, 2.75) is 39.3 Å². The van der Waals surface area contributed by atoms with E-state index >= 15 is 0 Å². The molecule has 0 radical (unpaired) electrons. The van der Waals surface area contributed by atoms with Gasteiger partial charge in [0.15, 0.2) is 0 Å². The number of benzene rings is 1. The predicted octanol–water partition coefficient (Wildman–Crippen LogP) is 3.55. The molecule has 0 bridgehead atoms. The molecule has 1 aromatic rings. The van der Waals surface area contributed by atoms with Gasteiger partial charge < -0.3 is 4.90 Å². The Bertz CT molecular complexity index is 834. The molecule has 1 fully saturated rings. The first-order valence-electron chi connectivity index (χ1n) is 8.34. The van der Waals surface area contributed by atoms with Crippen LogP contribution >= 0.6 is 0 Å². The SMILES string of the molecule is C#Cc1ccnc(N2CC(C)(C)N(C(C)C)C2=O)n1.c1cc2cc-2c1. The van der Waals surface area contributed by atoms with Crippen LogP contribution in [0.15, 0.2) is 36.5 Å². The number of rotatable bonds is 2. The number of aromatic nitrogens is 2. The lowest BCUT2D eigenvalue weighted by atomic mass is 10.0. The number of nitrogens with zero attached hydrogens (tertiary/aromatic N) is 4. The van der Waals surface area contributed by atoms with E-state index in [1.807, 2.05) is 32.6 Å². The second-order valence-corrected chi connectivity index (χ2v) is 7.11. The summed E-state index contributed by atoms with van der Waals surface area (Å²) in [5, 5.41) is 0. The van der Waals surface area contributed by atoms with Crippen molar-refractivity contribution in [1.82, 2.24) is 14.9 Å². The van der Waals surface area contributed by atoms with Crippen molar-refractivity contribution in [1.29, 1.82) is 0 Å². The molecule has 25 heavy (non-hydrogen) atoms. The molecular weight excluding hydrogens is 312 g/mol. The van der Waals surface area contributed by atoms with E-state index in [-0.39, 0.29) is 17.6 Å². The molecule has 128 valence electrons. The van der Waals surface area contributed by atoms with Crippen molar-refractivity contribution in [3.8, 4) is 23.5 Å². The van der Waals surface area contributed by atoms with Crippen molar-refractivity contribution in [2.75, 3.05) is 11.4 Å². The van der Waals surface area contributed by atoms with Gasteiger partial charge in [0.1, 0.15) is 5.69 Å². The summed E-state index contributed by atoms with van der Waals surface area (Å²) in [4.78, 5) is 24.3. The molecule has 1 aliphatic heterocycles. The summed E-state index contributed by atoms with van der Waals surface area (Å²) in [5.74, 6) is 2.83. The number of fused-ring (bicyclic) bond motifs is 1. The van der Waals surface area contributed by atoms with Crippen molar-refractivity contribution in [3.63, 3.8) is 0 Å². The molecule has 5 heteroatoms. The third kappa shape index (κ3) is 3.34. The van der Waals surface area contributed by atoms with Crippen LogP contribution < -0.4 is 4.90 Å². The highest BCUT2D eigenvalue weighted by Crippen LogP contribution is 2.32. The van der Waals surface area contributed by atoms with E-state index < -0.39 is 0 Å². The molecule has 3 aliphatic rings. The Morgan fingerprint density at radius 2 is 1.92 bits per heavy atom. The average molecular weight is 334 g/mol. The van der Waals surface area contributed by atoms with E-state index in [9.17, 15) is 4.79 Å². The highest BCUT2D eigenvalue weighted by Gasteiger charge is 2.45. The van der Waals surface area contributed by atoms with Gasteiger partial charge in [0, 0.05) is 12.2 Å². The number of anilines is 1. The highest BCUT2D eigenvalue weighted by molar-refractivity contribution is 5.93. The van der Waals surface area contributed by atoms with Crippen molar-refractivity contribution in [2.24, 2.45) is 0 Å². The standard InChI is InChI=1S/C14H18N4O.C6H4/c1-6-11-7-8-15-12(16-11)17-9-14(4,5)18(10(2)3)13(17)19;1-2-5-4-6(5)3-1/h1,7-8,10H,9H2,2-5H3;1-4H. The molecular formula is C20H22N4O. The van der Waals surface area contributed by atoms with Crippen molar-refractivity contribution < 1.29 is 4.79 Å². The Balaban J connectivity index is 0.000000250. The van der Waals surface area contributed by atoms with Gasteiger partial charge in [-0.2, -0.15) is 0 Å². The van der Waals surface area contributed by atoms with E-state index in [0.29, 0.717) is 18.2 Å². The first-order valence-corrected chi connectivity index (χ1v) is 8.34. The topological polar surface area (TPSA) is 49.3 Å². The summed E-state index contributed by atoms with van der Waals surface area (Å²) < 4.78 is 0. The van der Waals surface area contributed by atoms with Gasteiger partial charge in [-0.15, -0.1) is 6.42 Å². The lowest BCUT2D eigenvalue weighted by Crippen LogP contribution is -2.46. The maximum atomic E-state index is 12.5. The number of carbonyl (C=O) groups excluding carboxylic acids is 1. The maximum Gasteiger partial charge on any atom is 0.327 e. The van der Waals surface area contributed by atoms with Gasteiger partial charge >= 0.3 is 6.03 Å². The number of hydrogen-bond donors (Lipinski definition) is 0. The van der Waals surface area contributed by atoms with Gasteiger partial charge in [-0.05, 0) is 51.0 Å². The quantitative estimate of drug-likeness (QED) is 0.673. The summed E-state index contributed by atoms with van der Waals surface area (Å²) in [5.41, 5.74) is 3.09. The molecule has 1 aromatic heterocycles. The monoisotopic (exact) mass is 334 g/mol. The second kappa shape index (κ2) is 6.21. The molecule has 2 amide bonds. The third-order valence-corrected chi connectivity index (χ3v) is 4.30. The lowest BCUT2D eigenvalue weighted by molar-refractivity contribution is 0.152. The summed E-state index contributed by atoms with van der Waals surface area (Å²) >= 11 is 0. The lowest BCUT2D eigenvalue weighted by Gasteiger charge is -2.32. The molecule has 0 atom stereocenters. The highest BCUT2D eigenvalue weighted by atomic mass is 16.2. The minimum atomic E-state index is -0.249. The number of urea groups is 1.